The highest BCUT2D eigenvalue weighted by Crippen LogP contribution is 2.37. The lowest BCUT2D eigenvalue weighted by molar-refractivity contribution is -0.0438. The van der Waals surface area contributed by atoms with Crippen LogP contribution >= 0.6 is 0 Å². The van der Waals surface area contributed by atoms with Crippen LogP contribution in [-0.4, -0.2) is 20.1 Å². The van der Waals surface area contributed by atoms with E-state index in [1.54, 1.807) is 14.2 Å². The van der Waals surface area contributed by atoms with Crippen LogP contribution < -0.4 is 0 Å². The summed E-state index contributed by atoms with van der Waals surface area (Å²) in [4.78, 5) is 0. The molecule has 300 valence electrons. The van der Waals surface area contributed by atoms with Gasteiger partial charge in [0.25, 0.3) is 0 Å². The van der Waals surface area contributed by atoms with Crippen molar-refractivity contribution in [2.75, 3.05) is 14.2 Å². The molecule has 0 aromatic carbocycles. The van der Waals surface area contributed by atoms with E-state index < -0.39 is 5.92 Å². The lowest BCUT2D eigenvalue weighted by Crippen LogP contribution is -2.23. The highest BCUT2D eigenvalue weighted by Gasteiger charge is 2.33. The van der Waals surface area contributed by atoms with Crippen molar-refractivity contribution in [1.29, 1.82) is 0 Å². The lowest BCUT2D eigenvalue weighted by Gasteiger charge is -2.32. The van der Waals surface area contributed by atoms with Gasteiger partial charge in [0.2, 0.25) is 5.92 Å². The number of halogens is 2. The monoisotopic (exact) mass is 695 g/mol. The van der Waals surface area contributed by atoms with Crippen LogP contribution in [0.15, 0.2) is 0 Å². The van der Waals surface area contributed by atoms with Crippen molar-refractivity contribution in [1.82, 2.24) is 0 Å². The third-order valence-corrected chi connectivity index (χ3v) is 8.17. The minimum absolute atomic E-state index is 0. The summed E-state index contributed by atoms with van der Waals surface area (Å²) in [6.07, 6.45) is 20.8. The second kappa shape index (κ2) is 38.1. The lowest BCUT2D eigenvalue weighted by atomic mass is 9.74. The Morgan fingerprint density at radius 1 is 0.521 bits per heavy atom. The summed E-state index contributed by atoms with van der Waals surface area (Å²) in [7, 11) is 3.25. The number of methoxy groups -OCH3 is 1. The maximum atomic E-state index is 12.4. The molecule has 0 atom stereocenters. The van der Waals surface area contributed by atoms with Gasteiger partial charge in [0, 0.05) is 27.1 Å². The minimum atomic E-state index is -2.34. The van der Waals surface area contributed by atoms with Gasteiger partial charge in [-0.25, -0.2) is 8.78 Å². The van der Waals surface area contributed by atoms with Crippen LogP contribution in [0.5, 0.6) is 0 Å². The van der Waals surface area contributed by atoms with Crippen molar-refractivity contribution >= 4 is 0 Å². The van der Waals surface area contributed by atoms with Crippen molar-refractivity contribution in [2.24, 2.45) is 40.4 Å². The van der Waals surface area contributed by atoms with Crippen molar-refractivity contribution in [3.63, 3.8) is 0 Å². The van der Waals surface area contributed by atoms with E-state index >= 15 is 0 Å². The molecule has 0 N–H and O–H groups in total. The molecule has 1 nitrogen and oxygen atoms in total. The fourth-order valence-electron chi connectivity index (χ4n) is 5.16. The van der Waals surface area contributed by atoms with Crippen molar-refractivity contribution in [2.45, 2.75) is 240 Å². The number of alkyl halides is 2. The molecular weight excluding hydrogens is 594 g/mol. The van der Waals surface area contributed by atoms with Gasteiger partial charge in [-0.05, 0) is 66.1 Å². The molecular formula is C45H100F2O. The summed E-state index contributed by atoms with van der Waals surface area (Å²) >= 11 is 0. The van der Waals surface area contributed by atoms with Gasteiger partial charge < -0.3 is 4.74 Å². The summed E-state index contributed by atoms with van der Waals surface area (Å²) in [5.41, 5.74) is 1.16. The first-order valence-corrected chi connectivity index (χ1v) is 20.4. The zero-order valence-electron chi connectivity index (χ0n) is 36.6. The second-order valence-electron chi connectivity index (χ2n) is 17.7. The van der Waals surface area contributed by atoms with E-state index in [2.05, 4.69) is 87.8 Å². The Kier molecular flexibility index (Phi) is 47.5. The van der Waals surface area contributed by atoms with Crippen LogP contribution in [0.4, 0.5) is 8.78 Å². The Morgan fingerprint density at radius 3 is 0.854 bits per heavy atom. The summed E-state index contributed by atoms with van der Waals surface area (Å²) in [6, 6.07) is 0. The number of rotatable bonds is 0. The summed E-state index contributed by atoms with van der Waals surface area (Å²) in [5.74, 6) is 2.09. The van der Waals surface area contributed by atoms with E-state index in [1.807, 2.05) is 34.6 Å². The molecule has 48 heavy (non-hydrogen) atoms. The summed E-state index contributed by atoms with van der Waals surface area (Å²) < 4.78 is 29.0. The molecule has 3 heteroatoms. The van der Waals surface area contributed by atoms with Crippen molar-refractivity contribution in [3.05, 3.63) is 0 Å². The smallest absolute Gasteiger partial charge is 0.248 e. The van der Waals surface area contributed by atoms with Crippen molar-refractivity contribution in [3.8, 4) is 0 Å². The van der Waals surface area contributed by atoms with E-state index in [1.165, 1.54) is 83.5 Å². The molecule has 0 unspecified atom stereocenters. The van der Waals surface area contributed by atoms with Crippen LogP contribution in [0.2, 0.25) is 0 Å². The molecule has 4 fully saturated rings. The van der Waals surface area contributed by atoms with Gasteiger partial charge in [0.1, 0.15) is 0 Å². The third kappa shape index (κ3) is 61.1. The standard InChI is InChI=1S/C9H18.C7H12F2.C7H14.C6H12.C5H12.C4H10.C2H6O.2C2H6.CH4/c1-8-4-6-9(2,3)7-5-8;1-6-2-4-7(8,9)5-3-6;1-7-5-3-2-4-6-7;1-6-4-2-3-5-6;1-5(2,3)4;1-4(2)3;1-3-2;2*1-2;/h8H,4-7H2,1-3H3;6H,2-5H2,1H3;7H,2-6H2,1H3;6H,2-5H2,1H3;1-4H3;4H,1-3H3;1-2H3;2*1-2H3;1H4. The van der Waals surface area contributed by atoms with Gasteiger partial charge >= 0.3 is 0 Å². The van der Waals surface area contributed by atoms with Gasteiger partial charge in [-0.3, -0.25) is 0 Å². The molecule has 0 aromatic rings. The van der Waals surface area contributed by atoms with Crippen LogP contribution in [0.25, 0.3) is 0 Å². The summed E-state index contributed by atoms with van der Waals surface area (Å²) in [5, 5.41) is 0. The van der Waals surface area contributed by atoms with Crippen LogP contribution in [0, 0.1) is 40.4 Å². The van der Waals surface area contributed by atoms with Gasteiger partial charge in [0.15, 0.2) is 0 Å². The normalized spacial score (nSPS) is 20.1. The van der Waals surface area contributed by atoms with Gasteiger partial charge in [-0.15, -0.1) is 0 Å². The highest BCUT2D eigenvalue weighted by atomic mass is 19.3. The van der Waals surface area contributed by atoms with E-state index in [-0.39, 0.29) is 20.3 Å². The average Bonchev–Trinajstić information content (AvgIpc) is 3.46. The van der Waals surface area contributed by atoms with E-state index in [0.717, 1.165) is 23.7 Å². The SMILES string of the molecule is C.CC.CC.CC(C)(C)C.CC(C)C.CC1CCC(C)(C)CC1.CC1CCC(F)(F)CC1.CC1CCCC1.CC1CCCCC1.COC. The molecule has 4 aliphatic carbocycles. The first kappa shape index (κ1) is 59.9. The van der Waals surface area contributed by atoms with E-state index in [4.69, 9.17) is 0 Å². The fraction of sp³-hybridized carbons (Fsp3) is 1.00. The number of hydrogen-bond acceptors (Lipinski definition) is 1. The fourth-order valence-corrected chi connectivity index (χ4v) is 5.16. The zero-order chi connectivity index (χ0) is 38.1. The molecule has 0 bridgehead atoms. The maximum absolute atomic E-state index is 12.4. The van der Waals surface area contributed by atoms with Gasteiger partial charge in [-0.2, -0.15) is 0 Å². The van der Waals surface area contributed by atoms with Crippen LogP contribution in [-0.2, 0) is 4.74 Å². The minimum Gasteiger partial charge on any atom is -0.388 e. The Labute approximate surface area is 307 Å². The van der Waals surface area contributed by atoms with Crippen LogP contribution in [0.3, 0.4) is 0 Å². The van der Waals surface area contributed by atoms with Gasteiger partial charge in [0.05, 0.1) is 0 Å². The Bertz CT molecular complexity index is 511. The molecule has 0 aliphatic heterocycles. The molecule has 0 saturated heterocycles. The maximum Gasteiger partial charge on any atom is 0.248 e. The molecule has 4 saturated carbocycles. The van der Waals surface area contributed by atoms with Crippen LogP contribution in [0.1, 0.15) is 234 Å². The Balaban J connectivity index is -0.000000108. The Hall–Kier alpha value is -0.180. The van der Waals surface area contributed by atoms with Gasteiger partial charge in [-0.1, -0.05) is 196 Å². The number of ether oxygens (including phenoxy) is 1. The molecule has 0 spiro atoms. The zero-order valence-corrected chi connectivity index (χ0v) is 36.6. The molecule has 0 aromatic heterocycles. The predicted molar refractivity (Wildman–Crippen MR) is 222 cm³/mol. The molecule has 4 aliphatic rings. The first-order chi connectivity index (χ1) is 21.6. The largest absolute Gasteiger partial charge is 0.388 e. The number of hydrogen-bond donors (Lipinski definition) is 0. The van der Waals surface area contributed by atoms with Crippen molar-refractivity contribution < 1.29 is 13.5 Å². The highest BCUT2D eigenvalue weighted by molar-refractivity contribution is 4.76. The average molecular weight is 695 g/mol. The predicted octanol–water partition coefficient (Wildman–Crippen LogP) is 17.5. The first-order valence-electron chi connectivity index (χ1n) is 20.4. The molecule has 0 radical (unpaired) electrons. The quantitative estimate of drug-likeness (QED) is 0.245. The van der Waals surface area contributed by atoms with E-state index in [9.17, 15) is 8.78 Å². The topological polar surface area (TPSA) is 9.23 Å². The molecule has 0 heterocycles. The molecule has 0 amide bonds. The summed E-state index contributed by atoms with van der Waals surface area (Å²) in [6.45, 7) is 37.1. The third-order valence-electron chi connectivity index (χ3n) is 8.17. The molecule has 4 rings (SSSR count). The van der Waals surface area contributed by atoms with E-state index in [0.29, 0.717) is 29.6 Å². The Morgan fingerprint density at radius 2 is 0.708 bits per heavy atom. The second-order valence-corrected chi connectivity index (χ2v) is 17.7.